The number of anilines is 1. The first kappa shape index (κ1) is 9.43. The summed E-state index contributed by atoms with van der Waals surface area (Å²) in [4.78, 5) is 16.7. The van der Waals surface area contributed by atoms with Crippen LogP contribution in [0.1, 0.15) is 6.42 Å². The third-order valence-electron chi connectivity index (χ3n) is 2.13. The molecule has 2 heterocycles. The van der Waals surface area contributed by atoms with Gasteiger partial charge < -0.3 is 10.0 Å². The van der Waals surface area contributed by atoms with E-state index in [9.17, 15) is 9.90 Å². The van der Waals surface area contributed by atoms with Crippen LogP contribution >= 0.6 is 11.6 Å². The van der Waals surface area contributed by atoms with Crippen molar-refractivity contribution in [3.8, 4) is 0 Å². The number of pyridine rings is 1. The summed E-state index contributed by atoms with van der Waals surface area (Å²) < 4.78 is 0. The Balaban J connectivity index is 2.27. The number of carbonyl (C=O) groups excluding carboxylic acids is 1. The average molecular weight is 213 g/mol. The number of aliphatic hydroxyl groups is 1. The highest BCUT2D eigenvalue weighted by Gasteiger charge is 2.28. The van der Waals surface area contributed by atoms with E-state index in [0.717, 1.165) is 0 Å². The molecule has 1 saturated heterocycles. The quantitative estimate of drug-likeness (QED) is 0.702. The van der Waals surface area contributed by atoms with Crippen LogP contribution in [0.2, 0.25) is 5.15 Å². The second-order valence-electron chi connectivity index (χ2n) is 3.20. The van der Waals surface area contributed by atoms with Gasteiger partial charge in [-0.1, -0.05) is 11.6 Å². The summed E-state index contributed by atoms with van der Waals surface area (Å²) >= 11 is 5.70. The van der Waals surface area contributed by atoms with Crippen molar-refractivity contribution >= 4 is 23.2 Å². The van der Waals surface area contributed by atoms with Gasteiger partial charge in [0.15, 0.2) is 0 Å². The molecule has 1 fully saturated rings. The van der Waals surface area contributed by atoms with Gasteiger partial charge >= 0.3 is 0 Å². The summed E-state index contributed by atoms with van der Waals surface area (Å²) in [7, 11) is 0. The molecule has 14 heavy (non-hydrogen) atoms. The Bertz CT molecular complexity index is 370. The van der Waals surface area contributed by atoms with Crippen molar-refractivity contribution in [2.75, 3.05) is 11.4 Å². The van der Waals surface area contributed by atoms with Crippen molar-refractivity contribution in [1.29, 1.82) is 0 Å². The Kier molecular flexibility index (Phi) is 2.39. The first-order chi connectivity index (χ1) is 6.66. The topological polar surface area (TPSA) is 53.4 Å². The second kappa shape index (κ2) is 3.55. The largest absolute Gasteiger partial charge is 0.391 e. The Labute approximate surface area is 86.1 Å². The van der Waals surface area contributed by atoms with Crippen molar-refractivity contribution in [2.45, 2.75) is 12.5 Å². The molecule has 1 unspecified atom stereocenters. The summed E-state index contributed by atoms with van der Waals surface area (Å²) in [5, 5.41) is 9.63. The Morgan fingerprint density at radius 1 is 1.64 bits per heavy atom. The van der Waals surface area contributed by atoms with E-state index < -0.39 is 6.10 Å². The summed E-state index contributed by atoms with van der Waals surface area (Å²) in [5.41, 5.74) is 0.687. The van der Waals surface area contributed by atoms with Crippen molar-refractivity contribution < 1.29 is 9.90 Å². The SMILES string of the molecule is O=C1CC(O)CN1c1ccnc(Cl)c1. The molecule has 1 aromatic rings. The highest BCUT2D eigenvalue weighted by molar-refractivity contribution is 6.29. The third-order valence-corrected chi connectivity index (χ3v) is 2.33. The van der Waals surface area contributed by atoms with Crippen LogP contribution < -0.4 is 4.90 Å². The molecule has 1 atom stereocenters. The van der Waals surface area contributed by atoms with Gasteiger partial charge in [-0.25, -0.2) is 4.98 Å². The van der Waals surface area contributed by atoms with Gasteiger partial charge in [0.2, 0.25) is 5.91 Å². The highest BCUT2D eigenvalue weighted by atomic mass is 35.5. The van der Waals surface area contributed by atoms with Gasteiger partial charge in [-0.2, -0.15) is 0 Å². The van der Waals surface area contributed by atoms with Gasteiger partial charge in [-0.15, -0.1) is 0 Å². The van der Waals surface area contributed by atoms with Crippen molar-refractivity contribution in [3.63, 3.8) is 0 Å². The molecule has 0 saturated carbocycles. The first-order valence-electron chi connectivity index (χ1n) is 4.27. The summed E-state index contributed by atoms with van der Waals surface area (Å²) in [6.45, 7) is 0.333. The van der Waals surface area contributed by atoms with E-state index in [1.54, 1.807) is 12.1 Å². The maximum Gasteiger partial charge on any atom is 0.229 e. The van der Waals surface area contributed by atoms with Gasteiger partial charge in [-0.3, -0.25) is 4.79 Å². The second-order valence-corrected chi connectivity index (χ2v) is 3.59. The van der Waals surface area contributed by atoms with Gasteiger partial charge in [0.25, 0.3) is 0 Å². The van der Waals surface area contributed by atoms with E-state index in [-0.39, 0.29) is 12.3 Å². The van der Waals surface area contributed by atoms with Crippen LogP contribution in [0, 0.1) is 0 Å². The molecule has 1 aliphatic rings. The summed E-state index contributed by atoms with van der Waals surface area (Å²) in [5.74, 6) is -0.0835. The maximum atomic E-state index is 11.4. The number of rotatable bonds is 1. The van der Waals surface area contributed by atoms with Gasteiger partial charge in [0.1, 0.15) is 5.15 Å². The van der Waals surface area contributed by atoms with Crippen molar-refractivity contribution in [3.05, 3.63) is 23.5 Å². The van der Waals surface area contributed by atoms with Crippen LogP contribution in [0.5, 0.6) is 0 Å². The number of β-amino-alcohol motifs (C(OH)–C–C–N with tert-alkyl or cyclic N) is 1. The molecule has 1 aromatic heterocycles. The van der Waals surface area contributed by atoms with E-state index >= 15 is 0 Å². The molecular weight excluding hydrogens is 204 g/mol. The number of hydrogen-bond acceptors (Lipinski definition) is 3. The minimum atomic E-state index is -0.575. The van der Waals surface area contributed by atoms with Gasteiger partial charge in [0, 0.05) is 11.9 Å². The summed E-state index contributed by atoms with van der Waals surface area (Å²) in [6.07, 6.45) is 1.14. The monoisotopic (exact) mass is 212 g/mol. The number of aromatic nitrogens is 1. The number of carbonyl (C=O) groups is 1. The van der Waals surface area contributed by atoms with Crippen LogP contribution in [-0.2, 0) is 4.79 Å². The minimum Gasteiger partial charge on any atom is -0.391 e. The van der Waals surface area contributed by atoms with E-state index in [4.69, 9.17) is 11.6 Å². The van der Waals surface area contributed by atoms with Crippen LogP contribution in [0.3, 0.4) is 0 Å². The first-order valence-corrected chi connectivity index (χ1v) is 4.64. The molecule has 4 nitrogen and oxygen atoms in total. The third kappa shape index (κ3) is 1.71. The zero-order chi connectivity index (χ0) is 10.1. The molecule has 0 spiro atoms. The Hall–Kier alpha value is -1.13. The molecule has 0 radical (unpaired) electrons. The minimum absolute atomic E-state index is 0.0835. The zero-order valence-electron chi connectivity index (χ0n) is 7.35. The van der Waals surface area contributed by atoms with E-state index in [0.29, 0.717) is 17.4 Å². The normalized spacial score (nSPS) is 21.7. The number of nitrogens with zero attached hydrogens (tertiary/aromatic N) is 2. The van der Waals surface area contributed by atoms with E-state index in [1.165, 1.54) is 11.1 Å². The lowest BCUT2D eigenvalue weighted by Crippen LogP contribution is -2.25. The molecular formula is C9H9ClN2O2. The smallest absolute Gasteiger partial charge is 0.229 e. The van der Waals surface area contributed by atoms with Crippen molar-refractivity contribution in [2.24, 2.45) is 0 Å². The fourth-order valence-electron chi connectivity index (χ4n) is 1.50. The van der Waals surface area contributed by atoms with Crippen LogP contribution in [-0.4, -0.2) is 28.6 Å². The highest BCUT2D eigenvalue weighted by Crippen LogP contribution is 2.22. The van der Waals surface area contributed by atoms with Crippen LogP contribution in [0.15, 0.2) is 18.3 Å². The molecule has 1 aliphatic heterocycles. The lowest BCUT2D eigenvalue weighted by Gasteiger charge is -2.15. The zero-order valence-corrected chi connectivity index (χ0v) is 8.11. The van der Waals surface area contributed by atoms with Crippen LogP contribution in [0.4, 0.5) is 5.69 Å². The van der Waals surface area contributed by atoms with E-state index in [2.05, 4.69) is 4.98 Å². The molecule has 0 aromatic carbocycles. The van der Waals surface area contributed by atoms with Crippen molar-refractivity contribution in [1.82, 2.24) is 4.98 Å². The molecule has 1 amide bonds. The number of aliphatic hydroxyl groups excluding tert-OH is 1. The average Bonchev–Trinajstić information content (AvgIpc) is 2.45. The summed E-state index contributed by atoms with van der Waals surface area (Å²) in [6, 6.07) is 3.30. The van der Waals surface area contributed by atoms with Crippen LogP contribution in [0.25, 0.3) is 0 Å². The lowest BCUT2D eigenvalue weighted by molar-refractivity contribution is -0.117. The standard InChI is InChI=1S/C9H9ClN2O2/c10-8-3-6(1-2-11-8)12-5-7(13)4-9(12)14/h1-3,7,13H,4-5H2. The predicted octanol–water partition coefficient (Wildman–Crippen LogP) is 0.833. The fraction of sp³-hybridized carbons (Fsp3) is 0.333. The number of hydrogen-bond donors (Lipinski definition) is 1. The molecule has 5 heteroatoms. The van der Waals surface area contributed by atoms with E-state index in [1.807, 2.05) is 0 Å². The Morgan fingerprint density at radius 3 is 3.00 bits per heavy atom. The molecule has 74 valence electrons. The van der Waals surface area contributed by atoms with Gasteiger partial charge in [-0.05, 0) is 12.1 Å². The molecule has 0 aliphatic carbocycles. The molecule has 2 rings (SSSR count). The molecule has 1 N–H and O–H groups in total. The van der Waals surface area contributed by atoms with Gasteiger partial charge in [0.05, 0.1) is 19.1 Å². The fourth-order valence-corrected chi connectivity index (χ4v) is 1.67. The number of halogens is 1. The molecule has 0 bridgehead atoms. The number of amides is 1. The predicted molar refractivity (Wildman–Crippen MR) is 52.2 cm³/mol. The lowest BCUT2D eigenvalue weighted by atomic mass is 10.3. The maximum absolute atomic E-state index is 11.4. The Morgan fingerprint density at radius 2 is 2.43 bits per heavy atom.